The van der Waals surface area contributed by atoms with Gasteiger partial charge < -0.3 is 5.32 Å². The van der Waals surface area contributed by atoms with E-state index in [0.717, 1.165) is 19.6 Å². The molecule has 0 spiro atoms. The van der Waals surface area contributed by atoms with Gasteiger partial charge in [-0.3, -0.25) is 4.90 Å². The van der Waals surface area contributed by atoms with Crippen LogP contribution in [0.3, 0.4) is 0 Å². The molecule has 0 aromatic heterocycles. The number of piperidine rings is 1. The molecule has 1 aromatic carbocycles. The second-order valence-corrected chi connectivity index (χ2v) is 5.68. The molecule has 0 unspecified atom stereocenters. The highest BCUT2D eigenvalue weighted by molar-refractivity contribution is 5.22. The van der Waals surface area contributed by atoms with E-state index in [1.807, 2.05) is 0 Å². The summed E-state index contributed by atoms with van der Waals surface area (Å²) in [6, 6.07) is 9.15. The summed E-state index contributed by atoms with van der Waals surface area (Å²) in [5.41, 5.74) is 2.86. The summed E-state index contributed by atoms with van der Waals surface area (Å²) in [6.07, 6.45) is 6.70. The summed E-state index contributed by atoms with van der Waals surface area (Å²) in [4.78, 5) is 2.58. The van der Waals surface area contributed by atoms with Gasteiger partial charge in [0.25, 0.3) is 0 Å². The van der Waals surface area contributed by atoms with Crippen LogP contribution in [0, 0.1) is 0 Å². The summed E-state index contributed by atoms with van der Waals surface area (Å²) in [5.74, 6) is 0. The maximum absolute atomic E-state index is 3.49. The first-order valence-corrected chi connectivity index (χ1v) is 7.89. The number of likely N-dealkylation sites (tertiary alicyclic amines) is 1. The van der Waals surface area contributed by atoms with Crippen molar-refractivity contribution in [2.24, 2.45) is 0 Å². The van der Waals surface area contributed by atoms with Crippen molar-refractivity contribution in [2.75, 3.05) is 19.6 Å². The third-order valence-electron chi connectivity index (χ3n) is 3.91. The molecule has 0 saturated carbocycles. The Hall–Kier alpha value is -0.860. The van der Waals surface area contributed by atoms with Crippen LogP contribution in [-0.2, 0) is 13.1 Å². The van der Waals surface area contributed by atoms with Crippen LogP contribution in [0.1, 0.15) is 50.2 Å². The molecule has 0 radical (unpaired) electrons. The monoisotopic (exact) mass is 260 g/mol. The van der Waals surface area contributed by atoms with Gasteiger partial charge in [-0.05, 0) is 50.0 Å². The molecule has 1 heterocycles. The number of nitrogens with zero attached hydrogens (tertiary/aromatic N) is 1. The van der Waals surface area contributed by atoms with Crippen molar-refractivity contribution in [1.29, 1.82) is 0 Å². The van der Waals surface area contributed by atoms with E-state index in [1.54, 1.807) is 0 Å². The second kappa shape index (κ2) is 8.34. The zero-order chi connectivity index (χ0) is 13.3. The molecule has 2 nitrogen and oxygen atoms in total. The van der Waals surface area contributed by atoms with Gasteiger partial charge in [-0.15, -0.1) is 0 Å². The van der Waals surface area contributed by atoms with Crippen LogP contribution >= 0.6 is 0 Å². The SMILES string of the molecule is CCCCNCc1ccc(CN2CCCCC2)cc1. The first kappa shape index (κ1) is 14.5. The average molecular weight is 260 g/mol. The highest BCUT2D eigenvalue weighted by atomic mass is 15.1. The fourth-order valence-electron chi connectivity index (χ4n) is 2.67. The molecular formula is C17H28N2. The first-order chi connectivity index (χ1) is 9.38. The van der Waals surface area contributed by atoms with E-state index in [1.165, 1.54) is 56.3 Å². The Kier molecular flexibility index (Phi) is 6.38. The number of rotatable bonds is 7. The highest BCUT2D eigenvalue weighted by Crippen LogP contribution is 2.13. The van der Waals surface area contributed by atoms with E-state index in [2.05, 4.69) is 41.4 Å². The van der Waals surface area contributed by atoms with E-state index >= 15 is 0 Å². The number of benzene rings is 1. The quantitative estimate of drug-likeness (QED) is 0.754. The van der Waals surface area contributed by atoms with Crippen LogP contribution < -0.4 is 5.32 Å². The zero-order valence-electron chi connectivity index (χ0n) is 12.3. The molecule has 0 atom stereocenters. The van der Waals surface area contributed by atoms with Gasteiger partial charge in [-0.2, -0.15) is 0 Å². The maximum atomic E-state index is 3.49. The van der Waals surface area contributed by atoms with Gasteiger partial charge >= 0.3 is 0 Å². The normalized spacial score (nSPS) is 16.7. The molecule has 2 heteroatoms. The van der Waals surface area contributed by atoms with E-state index in [-0.39, 0.29) is 0 Å². The Morgan fingerprint density at radius 1 is 1.00 bits per heavy atom. The van der Waals surface area contributed by atoms with Crippen LogP contribution in [0.2, 0.25) is 0 Å². The van der Waals surface area contributed by atoms with E-state index in [0.29, 0.717) is 0 Å². The van der Waals surface area contributed by atoms with Crippen molar-refractivity contribution < 1.29 is 0 Å². The third kappa shape index (κ3) is 5.33. The molecule has 0 bridgehead atoms. The molecule has 2 rings (SSSR count). The van der Waals surface area contributed by atoms with Crippen molar-refractivity contribution in [3.05, 3.63) is 35.4 Å². The molecule has 1 aliphatic rings. The largest absolute Gasteiger partial charge is 0.313 e. The van der Waals surface area contributed by atoms with Gasteiger partial charge in [-0.25, -0.2) is 0 Å². The van der Waals surface area contributed by atoms with E-state index < -0.39 is 0 Å². The zero-order valence-corrected chi connectivity index (χ0v) is 12.3. The van der Waals surface area contributed by atoms with Crippen molar-refractivity contribution in [3.8, 4) is 0 Å². The summed E-state index contributed by atoms with van der Waals surface area (Å²) < 4.78 is 0. The predicted molar refractivity (Wildman–Crippen MR) is 82.2 cm³/mol. The minimum Gasteiger partial charge on any atom is -0.313 e. The van der Waals surface area contributed by atoms with Crippen LogP contribution in [0.15, 0.2) is 24.3 Å². The smallest absolute Gasteiger partial charge is 0.0233 e. The molecule has 0 amide bonds. The standard InChI is InChI=1S/C17H28N2/c1-2-3-11-18-14-16-7-9-17(10-8-16)15-19-12-5-4-6-13-19/h7-10,18H,2-6,11-15H2,1H3. The van der Waals surface area contributed by atoms with Gasteiger partial charge in [0.1, 0.15) is 0 Å². The molecule has 106 valence electrons. The lowest BCUT2D eigenvalue weighted by Crippen LogP contribution is -2.29. The molecular weight excluding hydrogens is 232 g/mol. The van der Waals surface area contributed by atoms with Gasteiger partial charge in [0.2, 0.25) is 0 Å². The summed E-state index contributed by atoms with van der Waals surface area (Å²) in [7, 11) is 0. The van der Waals surface area contributed by atoms with Crippen LogP contribution in [0.5, 0.6) is 0 Å². The van der Waals surface area contributed by atoms with Crippen LogP contribution in [-0.4, -0.2) is 24.5 Å². The minimum absolute atomic E-state index is 1.00. The number of unbranched alkanes of at least 4 members (excludes halogenated alkanes) is 1. The first-order valence-electron chi connectivity index (χ1n) is 7.89. The maximum Gasteiger partial charge on any atom is 0.0233 e. The Labute approximate surface area is 118 Å². The molecule has 1 fully saturated rings. The Morgan fingerprint density at radius 2 is 1.68 bits per heavy atom. The van der Waals surface area contributed by atoms with Crippen molar-refractivity contribution in [3.63, 3.8) is 0 Å². The molecule has 1 aliphatic heterocycles. The van der Waals surface area contributed by atoms with E-state index in [9.17, 15) is 0 Å². The van der Waals surface area contributed by atoms with Crippen molar-refractivity contribution >= 4 is 0 Å². The highest BCUT2D eigenvalue weighted by Gasteiger charge is 2.09. The number of hydrogen-bond donors (Lipinski definition) is 1. The number of hydrogen-bond acceptors (Lipinski definition) is 2. The third-order valence-corrected chi connectivity index (χ3v) is 3.91. The molecule has 1 N–H and O–H groups in total. The molecule has 1 saturated heterocycles. The van der Waals surface area contributed by atoms with Gasteiger partial charge in [0.15, 0.2) is 0 Å². The lowest BCUT2D eigenvalue weighted by atomic mass is 10.1. The van der Waals surface area contributed by atoms with E-state index in [4.69, 9.17) is 0 Å². The van der Waals surface area contributed by atoms with Crippen molar-refractivity contribution in [2.45, 2.75) is 52.1 Å². The fraction of sp³-hybridized carbons (Fsp3) is 0.647. The Bertz CT molecular complexity index is 339. The number of nitrogens with one attached hydrogen (secondary N) is 1. The van der Waals surface area contributed by atoms with Gasteiger partial charge in [-0.1, -0.05) is 44.0 Å². The lowest BCUT2D eigenvalue weighted by molar-refractivity contribution is 0.221. The molecule has 0 aliphatic carbocycles. The fourth-order valence-corrected chi connectivity index (χ4v) is 2.67. The van der Waals surface area contributed by atoms with Crippen molar-refractivity contribution in [1.82, 2.24) is 10.2 Å². The Balaban J connectivity index is 1.74. The predicted octanol–water partition coefficient (Wildman–Crippen LogP) is 3.56. The summed E-state index contributed by atoms with van der Waals surface area (Å²) >= 11 is 0. The summed E-state index contributed by atoms with van der Waals surface area (Å²) in [6.45, 7) is 8.05. The van der Waals surface area contributed by atoms with Crippen LogP contribution in [0.4, 0.5) is 0 Å². The minimum atomic E-state index is 1.00. The Morgan fingerprint density at radius 3 is 2.37 bits per heavy atom. The topological polar surface area (TPSA) is 15.3 Å². The average Bonchev–Trinajstić information content (AvgIpc) is 2.46. The molecule has 19 heavy (non-hydrogen) atoms. The van der Waals surface area contributed by atoms with Crippen LogP contribution in [0.25, 0.3) is 0 Å². The second-order valence-electron chi connectivity index (χ2n) is 5.68. The molecule has 1 aromatic rings. The van der Waals surface area contributed by atoms with Gasteiger partial charge in [0.05, 0.1) is 0 Å². The lowest BCUT2D eigenvalue weighted by Gasteiger charge is -2.26. The van der Waals surface area contributed by atoms with Gasteiger partial charge in [0, 0.05) is 13.1 Å². The summed E-state index contributed by atoms with van der Waals surface area (Å²) in [5, 5.41) is 3.49.